The van der Waals surface area contributed by atoms with Crippen molar-refractivity contribution in [2.45, 2.75) is 19.4 Å². The number of carboxylic acids is 1. The van der Waals surface area contributed by atoms with E-state index in [1.807, 2.05) is 0 Å². The highest BCUT2D eigenvalue weighted by Crippen LogP contribution is 2.26. The largest absolute Gasteiger partial charge is 0.508 e. The molecule has 1 atom stereocenters. The quantitative estimate of drug-likeness (QED) is 0.679. The van der Waals surface area contributed by atoms with Crippen LogP contribution in [0.5, 0.6) is 5.75 Å². The molecule has 0 aliphatic heterocycles. The summed E-state index contributed by atoms with van der Waals surface area (Å²) in [7, 11) is 0. The Balaban J connectivity index is 2.90. The molecule has 0 amide bonds. The molecule has 14 heavy (non-hydrogen) atoms. The second-order valence-corrected chi connectivity index (χ2v) is 3.18. The SMILES string of the molecule is Cc1ccc([C@@H](O)CC(=O)O)c(O)c1. The Hall–Kier alpha value is -1.55. The molecule has 1 aromatic carbocycles. The van der Waals surface area contributed by atoms with Crippen molar-refractivity contribution in [1.29, 1.82) is 0 Å². The number of hydrogen-bond acceptors (Lipinski definition) is 3. The summed E-state index contributed by atoms with van der Waals surface area (Å²) in [5, 5.41) is 27.3. The minimum Gasteiger partial charge on any atom is -0.508 e. The van der Waals surface area contributed by atoms with Gasteiger partial charge in [-0.2, -0.15) is 0 Å². The highest BCUT2D eigenvalue weighted by molar-refractivity contribution is 5.68. The summed E-state index contributed by atoms with van der Waals surface area (Å²) >= 11 is 0. The lowest BCUT2D eigenvalue weighted by Gasteiger charge is -2.10. The van der Waals surface area contributed by atoms with Crippen molar-refractivity contribution >= 4 is 5.97 Å². The minimum absolute atomic E-state index is 0.0706. The Bertz CT molecular complexity index is 346. The van der Waals surface area contributed by atoms with Gasteiger partial charge in [-0.05, 0) is 18.6 Å². The predicted octanol–water partition coefficient (Wildman–Crippen LogP) is 1.21. The topological polar surface area (TPSA) is 77.8 Å². The summed E-state index contributed by atoms with van der Waals surface area (Å²) in [5.41, 5.74) is 1.10. The lowest BCUT2D eigenvalue weighted by Crippen LogP contribution is -2.05. The van der Waals surface area contributed by atoms with Crippen molar-refractivity contribution in [3.05, 3.63) is 29.3 Å². The van der Waals surface area contributed by atoms with E-state index in [-0.39, 0.29) is 11.3 Å². The van der Waals surface area contributed by atoms with E-state index >= 15 is 0 Å². The average molecular weight is 196 g/mol. The Morgan fingerprint density at radius 1 is 1.50 bits per heavy atom. The number of carboxylic acid groups (broad SMARTS) is 1. The lowest BCUT2D eigenvalue weighted by atomic mass is 10.0. The molecule has 3 N–H and O–H groups in total. The normalized spacial score (nSPS) is 12.4. The van der Waals surface area contributed by atoms with Crippen molar-refractivity contribution in [2.75, 3.05) is 0 Å². The van der Waals surface area contributed by atoms with E-state index in [2.05, 4.69) is 0 Å². The molecule has 0 aliphatic rings. The number of carbonyl (C=O) groups is 1. The van der Waals surface area contributed by atoms with Gasteiger partial charge >= 0.3 is 5.97 Å². The van der Waals surface area contributed by atoms with Crippen LogP contribution in [0.4, 0.5) is 0 Å². The first-order valence-electron chi connectivity index (χ1n) is 4.20. The van der Waals surface area contributed by atoms with Crippen LogP contribution in [0, 0.1) is 6.92 Å². The molecule has 0 saturated heterocycles. The molecule has 0 heterocycles. The van der Waals surface area contributed by atoms with Crippen molar-refractivity contribution in [3.63, 3.8) is 0 Å². The Labute approximate surface area is 81.4 Å². The number of aliphatic hydroxyl groups excluding tert-OH is 1. The number of rotatable bonds is 3. The van der Waals surface area contributed by atoms with Crippen LogP contribution in [0.15, 0.2) is 18.2 Å². The molecule has 0 spiro atoms. The van der Waals surface area contributed by atoms with Crippen LogP contribution in [0.3, 0.4) is 0 Å². The molecule has 0 saturated carbocycles. The molecule has 0 bridgehead atoms. The second kappa shape index (κ2) is 4.11. The van der Waals surface area contributed by atoms with Crippen LogP contribution in [0.25, 0.3) is 0 Å². The first-order valence-corrected chi connectivity index (χ1v) is 4.20. The molecule has 1 rings (SSSR count). The molecule has 0 fully saturated rings. The maximum atomic E-state index is 10.3. The van der Waals surface area contributed by atoms with Crippen LogP contribution < -0.4 is 0 Å². The lowest BCUT2D eigenvalue weighted by molar-refractivity contribution is -0.139. The first-order chi connectivity index (χ1) is 6.50. The number of aryl methyl sites for hydroxylation is 1. The molecule has 76 valence electrons. The fourth-order valence-electron chi connectivity index (χ4n) is 1.21. The smallest absolute Gasteiger partial charge is 0.306 e. The summed E-state index contributed by atoms with van der Waals surface area (Å²) in [6, 6.07) is 4.72. The van der Waals surface area contributed by atoms with Crippen LogP contribution in [0.2, 0.25) is 0 Å². The number of aliphatic carboxylic acids is 1. The number of aliphatic hydroxyl groups is 1. The maximum Gasteiger partial charge on any atom is 0.306 e. The van der Waals surface area contributed by atoms with Gasteiger partial charge in [0.05, 0.1) is 12.5 Å². The number of phenols is 1. The third kappa shape index (κ3) is 2.47. The monoisotopic (exact) mass is 196 g/mol. The second-order valence-electron chi connectivity index (χ2n) is 3.18. The fourth-order valence-corrected chi connectivity index (χ4v) is 1.21. The van der Waals surface area contributed by atoms with Crippen molar-refractivity contribution < 1.29 is 20.1 Å². The molecular formula is C10H12O4. The van der Waals surface area contributed by atoms with Gasteiger partial charge in [0.1, 0.15) is 5.75 Å². The summed E-state index contributed by atoms with van der Waals surface area (Å²) in [4.78, 5) is 10.3. The van der Waals surface area contributed by atoms with E-state index < -0.39 is 18.5 Å². The van der Waals surface area contributed by atoms with Gasteiger partial charge in [0.15, 0.2) is 0 Å². The summed E-state index contributed by atoms with van der Waals surface area (Å²) in [5.74, 6) is -1.17. The van der Waals surface area contributed by atoms with E-state index in [1.165, 1.54) is 12.1 Å². The van der Waals surface area contributed by atoms with Gasteiger partial charge in [-0.15, -0.1) is 0 Å². The number of hydrogen-bond donors (Lipinski definition) is 3. The first kappa shape index (κ1) is 10.5. The van der Waals surface area contributed by atoms with Gasteiger partial charge in [0, 0.05) is 5.56 Å². The zero-order chi connectivity index (χ0) is 10.7. The van der Waals surface area contributed by atoms with E-state index in [0.717, 1.165) is 5.56 Å². The highest BCUT2D eigenvalue weighted by atomic mass is 16.4. The van der Waals surface area contributed by atoms with Gasteiger partial charge in [-0.25, -0.2) is 0 Å². The Kier molecular flexibility index (Phi) is 3.09. The Morgan fingerprint density at radius 2 is 2.14 bits per heavy atom. The summed E-state index contributed by atoms with van der Waals surface area (Å²) in [6.07, 6.45) is -1.57. The molecule has 4 nitrogen and oxygen atoms in total. The number of phenolic OH excluding ortho intramolecular Hbond substituents is 1. The predicted molar refractivity (Wildman–Crippen MR) is 50.1 cm³/mol. The van der Waals surface area contributed by atoms with Gasteiger partial charge in [-0.3, -0.25) is 4.79 Å². The standard InChI is InChI=1S/C10H12O4/c1-6-2-3-7(8(11)4-6)9(12)5-10(13)14/h2-4,9,11-12H,5H2,1H3,(H,13,14)/t9-/m0/s1. The number of aromatic hydroxyl groups is 1. The maximum absolute atomic E-state index is 10.3. The fraction of sp³-hybridized carbons (Fsp3) is 0.300. The Morgan fingerprint density at radius 3 is 2.64 bits per heavy atom. The van der Waals surface area contributed by atoms with Crippen molar-refractivity contribution in [3.8, 4) is 5.75 Å². The van der Waals surface area contributed by atoms with Crippen molar-refractivity contribution in [1.82, 2.24) is 0 Å². The van der Waals surface area contributed by atoms with Crippen LogP contribution >= 0.6 is 0 Å². The third-order valence-corrected chi connectivity index (χ3v) is 1.91. The molecule has 4 heteroatoms. The molecular weight excluding hydrogens is 184 g/mol. The molecule has 1 aromatic rings. The van der Waals surface area contributed by atoms with Gasteiger partial charge < -0.3 is 15.3 Å². The molecule has 0 radical (unpaired) electrons. The molecule has 0 aliphatic carbocycles. The third-order valence-electron chi connectivity index (χ3n) is 1.91. The zero-order valence-electron chi connectivity index (χ0n) is 7.77. The number of benzene rings is 1. The average Bonchev–Trinajstić information content (AvgIpc) is 2.01. The van der Waals surface area contributed by atoms with Crippen LogP contribution in [-0.2, 0) is 4.79 Å². The van der Waals surface area contributed by atoms with E-state index in [0.29, 0.717) is 0 Å². The van der Waals surface area contributed by atoms with Crippen LogP contribution in [0.1, 0.15) is 23.7 Å². The van der Waals surface area contributed by atoms with E-state index in [1.54, 1.807) is 13.0 Å². The minimum atomic E-state index is -1.16. The van der Waals surface area contributed by atoms with E-state index in [9.17, 15) is 15.0 Å². The molecule has 0 unspecified atom stereocenters. The highest BCUT2D eigenvalue weighted by Gasteiger charge is 2.15. The van der Waals surface area contributed by atoms with Crippen molar-refractivity contribution in [2.24, 2.45) is 0 Å². The zero-order valence-corrected chi connectivity index (χ0v) is 7.77. The molecule has 0 aromatic heterocycles. The summed E-state index contributed by atoms with van der Waals surface area (Å²) < 4.78 is 0. The van der Waals surface area contributed by atoms with Gasteiger partial charge in [0.2, 0.25) is 0 Å². The summed E-state index contributed by atoms with van der Waals surface area (Å²) in [6.45, 7) is 1.80. The van der Waals surface area contributed by atoms with Gasteiger partial charge in [-0.1, -0.05) is 12.1 Å². The van der Waals surface area contributed by atoms with Gasteiger partial charge in [0.25, 0.3) is 0 Å². The van der Waals surface area contributed by atoms with Crippen LogP contribution in [-0.4, -0.2) is 21.3 Å². The van der Waals surface area contributed by atoms with E-state index in [4.69, 9.17) is 5.11 Å².